The Morgan fingerprint density at radius 2 is 2.24 bits per heavy atom. The summed E-state index contributed by atoms with van der Waals surface area (Å²) < 4.78 is 24.6. The number of nitrogens with one attached hydrogen (secondary N) is 1. The zero-order valence-electron chi connectivity index (χ0n) is 12.3. The maximum absolute atomic E-state index is 12.3. The van der Waals surface area contributed by atoms with Gasteiger partial charge in [-0.15, -0.1) is 0 Å². The fourth-order valence-electron chi connectivity index (χ4n) is 2.49. The molecule has 1 fully saturated rings. The number of nitrogen functional groups attached to an aromatic ring is 1. The van der Waals surface area contributed by atoms with Gasteiger partial charge >= 0.3 is 0 Å². The van der Waals surface area contributed by atoms with E-state index < -0.39 is 15.2 Å². The minimum atomic E-state index is -3.12. The molecule has 0 amide bonds. The van der Waals surface area contributed by atoms with Crippen molar-refractivity contribution in [2.75, 3.05) is 28.7 Å². The summed E-state index contributed by atoms with van der Waals surface area (Å²) in [7, 11) is -3.12. The molecule has 21 heavy (non-hydrogen) atoms. The van der Waals surface area contributed by atoms with Crippen LogP contribution in [0.15, 0.2) is 18.2 Å². The van der Waals surface area contributed by atoms with Gasteiger partial charge in [-0.1, -0.05) is 6.92 Å². The molecule has 0 spiro atoms. The highest BCUT2D eigenvalue weighted by Gasteiger charge is 2.33. The van der Waals surface area contributed by atoms with Crippen molar-refractivity contribution in [3.8, 4) is 0 Å². The van der Waals surface area contributed by atoms with Gasteiger partial charge in [0.2, 0.25) is 0 Å². The molecule has 0 radical (unpaired) electrons. The molecule has 0 aliphatic carbocycles. The van der Waals surface area contributed by atoms with E-state index in [9.17, 15) is 8.42 Å². The Labute approximate surface area is 130 Å². The summed E-state index contributed by atoms with van der Waals surface area (Å²) in [6.45, 7) is 4.30. The van der Waals surface area contributed by atoms with Crippen molar-refractivity contribution in [2.24, 2.45) is 5.73 Å². The van der Waals surface area contributed by atoms with Crippen molar-refractivity contribution < 1.29 is 8.42 Å². The van der Waals surface area contributed by atoms with E-state index in [2.05, 4.69) is 0 Å². The molecule has 1 saturated heterocycles. The van der Waals surface area contributed by atoms with Crippen molar-refractivity contribution in [1.29, 1.82) is 5.41 Å². The second kappa shape index (κ2) is 6.27. The van der Waals surface area contributed by atoms with Gasteiger partial charge in [0.15, 0.2) is 9.84 Å². The van der Waals surface area contributed by atoms with Crippen LogP contribution in [0.25, 0.3) is 0 Å². The molecule has 7 heteroatoms. The topological polar surface area (TPSA) is 87.2 Å². The molecule has 1 heterocycles. The number of sulfone groups is 1. The monoisotopic (exact) mass is 327 g/mol. The molecule has 116 valence electrons. The third-order valence-corrected chi connectivity index (χ3v) is 7.02. The summed E-state index contributed by atoms with van der Waals surface area (Å²) in [5, 5.41) is 7.06. The lowest BCUT2D eigenvalue weighted by Crippen LogP contribution is -2.48. The van der Waals surface area contributed by atoms with Crippen molar-refractivity contribution in [1.82, 2.24) is 0 Å². The van der Waals surface area contributed by atoms with Crippen molar-refractivity contribution in [2.45, 2.75) is 19.2 Å². The van der Waals surface area contributed by atoms with E-state index in [-0.39, 0.29) is 11.6 Å². The van der Waals surface area contributed by atoms with Gasteiger partial charge in [-0.25, -0.2) is 8.42 Å². The molecule has 0 aromatic heterocycles. The van der Waals surface area contributed by atoms with Crippen LogP contribution in [-0.2, 0) is 9.84 Å². The molecule has 2 rings (SSSR count). The van der Waals surface area contributed by atoms with Gasteiger partial charge in [0, 0.05) is 35.1 Å². The fourth-order valence-corrected chi connectivity index (χ4v) is 5.49. The van der Waals surface area contributed by atoms with Gasteiger partial charge < -0.3 is 10.6 Å². The summed E-state index contributed by atoms with van der Waals surface area (Å²) in [5.74, 6) is 1.71. The number of nitrogens with zero attached hydrogens (tertiary/aromatic N) is 1. The number of thioether (sulfide) groups is 1. The van der Waals surface area contributed by atoms with E-state index >= 15 is 0 Å². The zero-order chi connectivity index (χ0) is 15.6. The molecule has 5 nitrogen and oxygen atoms in total. The van der Waals surface area contributed by atoms with Crippen LogP contribution in [-0.4, -0.2) is 43.4 Å². The van der Waals surface area contributed by atoms with E-state index in [4.69, 9.17) is 11.1 Å². The highest BCUT2D eigenvalue weighted by molar-refractivity contribution is 8.01. The highest BCUT2D eigenvalue weighted by atomic mass is 32.2. The van der Waals surface area contributed by atoms with Crippen LogP contribution in [0.5, 0.6) is 0 Å². The molecule has 3 N–H and O–H groups in total. The SMILES string of the molecule is CCS(=O)(=O)C1CSCCN1c1ccc(C(=N)N)c(C)c1. The molecule has 0 saturated carbocycles. The van der Waals surface area contributed by atoms with E-state index in [1.54, 1.807) is 24.8 Å². The van der Waals surface area contributed by atoms with Crippen LogP contribution in [0.2, 0.25) is 0 Å². The first kappa shape index (κ1) is 16.2. The average Bonchev–Trinajstić information content (AvgIpc) is 2.46. The third-order valence-electron chi connectivity index (χ3n) is 3.73. The Morgan fingerprint density at radius 3 is 2.81 bits per heavy atom. The molecule has 1 aromatic rings. The quantitative estimate of drug-likeness (QED) is 0.648. The summed E-state index contributed by atoms with van der Waals surface area (Å²) >= 11 is 1.68. The Bertz CT molecular complexity index is 644. The largest absolute Gasteiger partial charge is 0.384 e. The molecule has 1 unspecified atom stereocenters. The number of hydrogen-bond acceptors (Lipinski definition) is 5. The first-order chi connectivity index (χ1) is 9.86. The Balaban J connectivity index is 2.38. The van der Waals surface area contributed by atoms with Crippen LogP contribution >= 0.6 is 11.8 Å². The molecule has 0 bridgehead atoms. The number of hydrogen-bond donors (Lipinski definition) is 2. The van der Waals surface area contributed by atoms with Gasteiger partial charge in [0.05, 0.1) is 0 Å². The van der Waals surface area contributed by atoms with E-state index in [0.29, 0.717) is 17.9 Å². The highest BCUT2D eigenvalue weighted by Crippen LogP contribution is 2.28. The maximum Gasteiger partial charge on any atom is 0.171 e. The van der Waals surface area contributed by atoms with Gasteiger partial charge in [-0.05, 0) is 30.7 Å². The third kappa shape index (κ3) is 3.35. The maximum atomic E-state index is 12.3. The number of anilines is 1. The lowest BCUT2D eigenvalue weighted by molar-refractivity contribution is 0.579. The van der Waals surface area contributed by atoms with Crippen LogP contribution in [0, 0.1) is 12.3 Å². The van der Waals surface area contributed by atoms with Crippen LogP contribution in [0.1, 0.15) is 18.1 Å². The minimum absolute atomic E-state index is 0.0333. The van der Waals surface area contributed by atoms with E-state index in [0.717, 1.165) is 17.0 Å². The molecule has 1 aromatic carbocycles. The first-order valence-corrected chi connectivity index (χ1v) is 9.75. The second-order valence-electron chi connectivity index (χ2n) is 5.09. The second-order valence-corrected chi connectivity index (χ2v) is 8.68. The van der Waals surface area contributed by atoms with Gasteiger partial charge in [0.25, 0.3) is 0 Å². The molecular formula is C14H21N3O2S2. The van der Waals surface area contributed by atoms with Crippen molar-refractivity contribution >= 4 is 33.1 Å². The van der Waals surface area contributed by atoms with Crippen LogP contribution < -0.4 is 10.6 Å². The van der Waals surface area contributed by atoms with Gasteiger partial charge in [-0.3, -0.25) is 5.41 Å². The Hall–Kier alpha value is -1.21. The predicted octanol–water partition coefficient (Wildman–Crippen LogP) is 1.59. The summed E-state index contributed by atoms with van der Waals surface area (Å²) in [6, 6.07) is 5.58. The first-order valence-electron chi connectivity index (χ1n) is 6.88. The molecule has 1 aliphatic rings. The van der Waals surface area contributed by atoms with E-state index in [1.165, 1.54) is 0 Å². The predicted molar refractivity (Wildman–Crippen MR) is 90.1 cm³/mol. The van der Waals surface area contributed by atoms with Gasteiger partial charge in [-0.2, -0.15) is 11.8 Å². The molecular weight excluding hydrogens is 306 g/mol. The number of amidine groups is 1. The number of aryl methyl sites for hydroxylation is 1. The number of nitrogens with two attached hydrogens (primary N) is 1. The van der Waals surface area contributed by atoms with Crippen LogP contribution in [0.3, 0.4) is 0 Å². The fraction of sp³-hybridized carbons (Fsp3) is 0.500. The van der Waals surface area contributed by atoms with Gasteiger partial charge in [0.1, 0.15) is 11.2 Å². The lowest BCUT2D eigenvalue weighted by atomic mass is 10.1. The summed E-state index contributed by atoms with van der Waals surface area (Å²) in [4.78, 5) is 1.96. The van der Waals surface area contributed by atoms with Crippen molar-refractivity contribution in [3.05, 3.63) is 29.3 Å². The zero-order valence-corrected chi connectivity index (χ0v) is 13.9. The Morgan fingerprint density at radius 1 is 1.52 bits per heavy atom. The number of rotatable bonds is 4. The summed E-state index contributed by atoms with van der Waals surface area (Å²) in [6.07, 6.45) is 0. The average molecular weight is 327 g/mol. The van der Waals surface area contributed by atoms with E-state index in [1.807, 2.05) is 24.0 Å². The number of benzene rings is 1. The lowest BCUT2D eigenvalue weighted by Gasteiger charge is -2.36. The smallest absolute Gasteiger partial charge is 0.171 e. The molecule has 1 atom stereocenters. The normalized spacial score (nSPS) is 19.5. The standard InChI is InChI=1S/C14H21N3O2S2/c1-3-21(18,19)13-9-20-7-6-17(13)11-4-5-12(14(15)16)10(2)8-11/h4-5,8,13H,3,6-7,9H2,1-2H3,(H3,15,16). The van der Waals surface area contributed by atoms with Crippen molar-refractivity contribution in [3.63, 3.8) is 0 Å². The minimum Gasteiger partial charge on any atom is -0.384 e. The summed E-state index contributed by atoms with van der Waals surface area (Å²) in [5.41, 5.74) is 8.01. The van der Waals surface area contributed by atoms with Crippen LogP contribution in [0.4, 0.5) is 5.69 Å². The molecule has 1 aliphatic heterocycles. The Kier molecular flexibility index (Phi) is 4.83.